The highest BCUT2D eigenvalue weighted by molar-refractivity contribution is 7.89. The highest BCUT2D eigenvalue weighted by atomic mass is 32.2. The molecular formula is C20H15N3O4S2. The van der Waals surface area contributed by atoms with Gasteiger partial charge in [0.1, 0.15) is 0 Å². The van der Waals surface area contributed by atoms with E-state index < -0.39 is 21.8 Å². The second kappa shape index (κ2) is 7.87. The second-order valence-electron chi connectivity index (χ2n) is 6.18. The van der Waals surface area contributed by atoms with Gasteiger partial charge in [-0.3, -0.25) is 9.59 Å². The number of rotatable bonds is 5. The van der Waals surface area contributed by atoms with E-state index in [4.69, 9.17) is 5.73 Å². The third kappa shape index (κ3) is 4.51. The summed E-state index contributed by atoms with van der Waals surface area (Å²) >= 11 is 1.40. The predicted molar refractivity (Wildman–Crippen MR) is 111 cm³/mol. The standard InChI is InChI=1S/C20H15N3O4S2/c1-29(26,27)23-20(25)14-6-7-16(15(10-14)11-21)12-2-4-13(5-3-12)18-17(19(22)24)8-9-28-18/h2-10H,1H3,(H2,22,24)(H,23,25). The van der Waals surface area contributed by atoms with E-state index in [9.17, 15) is 23.3 Å². The fraction of sp³-hybridized carbons (Fsp3) is 0.0500. The summed E-state index contributed by atoms with van der Waals surface area (Å²) in [5.74, 6) is -1.30. The number of amides is 2. The van der Waals surface area contributed by atoms with Crippen LogP contribution in [0.25, 0.3) is 21.6 Å². The molecule has 0 aliphatic rings. The number of carbonyl (C=O) groups excluding carboxylic acids is 2. The van der Waals surface area contributed by atoms with Crippen molar-refractivity contribution in [2.75, 3.05) is 6.26 Å². The molecule has 2 amide bonds. The molecule has 0 atom stereocenters. The average molecular weight is 425 g/mol. The predicted octanol–water partition coefficient (Wildman–Crippen LogP) is 2.74. The van der Waals surface area contributed by atoms with Gasteiger partial charge in [0.25, 0.3) is 5.91 Å². The lowest BCUT2D eigenvalue weighted by atomic mass is 9.96. The Bertz CT molecular complexity index is 1250. The monoisotopic (exact) mass is 425 g/mol. The number of hydrogen-bond donors (Lipinski definition) is 2. The first-order valence-corrected chi connectivity index (χ1v) is 11.0. The lowest BCUT2D eigenvalue weighted by Crippen LogP contribution is -2.29. The smallest absolute Gasteiger partial charge is 0.264 e. The van der Waals surface area contributed by atoms with Gasteiger partial charge in [0.15, 0.2) is 0 Å². The molecule has 1 heterocycles. The van der Waals surface area contributed by atoms with Crippen LogP contribution in [-0.2, 0) is 10.0 Å². The highest BCUT2D eigenvalue weighted by Gasteiger charge is 2.15. The molecule has 0 saturated heterocycles. The Balaban J connectivity index is 1.95. The number of hydrogen-bond acceptors (Lipinski definition) is 6. The summed E-state index contributed by atoms with van der Waals surface area (Å²) in [7, 11) is -3.70. The summed E-state index contributed by atoms with van der Waals surface area (Å²) in [6.07, 6.45) is 0.878. The molecule has 0 aliphatic carbocycles. The van der Waals surface area contributed by atoms with Crippen molar-refractivity contribution in [1.82, 2.24) is 4.72 Å². The van der Waals surface area contributed by atoms with Gasteiger partial charge < -0.3 is 5.73 Å². The molecule has 3 rings (SSSR count). The first-order valence-electron chi connectivity index (χ1n) is 8.24. The van der Waals surface area contributed by atoms with Crippen molar-refractivity contribution in [3.05, 3.63) is 70.6 Å². The van der Waals surface area contributed by atoms with E-state index >= 15 is 0 Å². The molecular weight excluding hydrogens is 410 g/mol. The maximum atomic E-state index is 12.0. The lowest BCUT2D eigenvalue weighted by Gasteiger charge is -2.09. The zero-order valence-corrected chi connectivity index (χ0v) is 16.8. The molecule has 0 unspecified atom stereocenters. The van der Waals surface area contributed by atoms with Gasteiger partial charge in [-0.1, -0.05) is 30.3 Å². The van der Waals surface area contributed by atoms with Crippen molar-refractivity contribution in [3.63, 3.8) is 0 Å². The lowest BCUT2D eigenvalue weighted by molar-refractivity contribution is 0.0978. The van der Waals surface area contributed by atoms with Crippen LogP contribution in [0.2, 0.25) is 0 Å². The maximum Gasteiger partial charge on any atom is 0.264 e. The molecule has 146 valence electrons. The minimum absolute atomic E-state index is 0.0667. The van der Waals surface area contributed by atoms with E-state index in [0.29, 0.717) is 11.1 Å². The molecule has 3 N–H and O–H groups in total. The number of thiophene rings is 1. The van der Waals surface area contributed by atoms with Crippen LogP contribution in [0.5, 0.6) is 0 Å². The SMILES string of the molecule is CS(=O)(=O)NC(=O)c1ccc(-c2ccc(-c3sccc3C(N)=O)cc2)c(C#N)c1. The van der Waals surface area contributed by atoms with Crippen molar-refractivity contribution >= 4 is 33.2 Å². The molecule has 0 fully saturated rings. The van der Waals surface area contributed by atoms with E-state index in [-0.39, 0.29) is 11.1 Å². The summed E-state index contributed by atoms with van der Waals surface area (Å²) in [6, 6.07) is 15.3. The highest BCUT2D eigenvalue weighted by Crippen LogP contribution is 2.32. The van der Waals surface area contributed by atoms with Crippen LogP contribution in [0, 0.1) is 11.3 Å². The van der Waals surface area contributed by atoms with Crippen molar-refractivity contribution in [3.8, 4) is 27.6 Å². The fourth-order valence-corrected chi connectivity index (χ4v) is 4.15. The number of benzene rings is 2. The molecule has 0 radical (unpaired) electrons. The molecule has 1 aromatic heterocycles. The minimum atomic E-state index is -3.70. The van der Waals surface area contributed by atoms with Crippen LogP contribution in [-0.4, -0.2) is 26.5 Å². The zero-order valence-electron chi connectivity index (χ0n) is 15.2. The molecule has 0 spiro atoms. The first-order chi connectivity index (χ1) is 13.7. The topological polar surface area (TPSA) is 130 Å². The fourth-order valence-electron chi connectivity index (χ4n) is 2.79. The van der Waals surface area contributed by atoms with E-state index in [1.54, 1.807) is 29.6 Å². The Morgan fingerprint density at radius 1 is 1.07 bits per heavy atom. The van der Waals surface area contributed by atoms with Gasteiger partial charge in [0, 0.05) is 10.4 Å². The molecule has 3 aromatic rings. The van der Waals surface area contributed by atoms with Crippen LogP contribution in [0.15, 0.2) is 53.9 Å². The van der Waals surface area contributed by atoms with E-state index in [1.165, 1.54) is 23.5 Å². The summed E-state index contributed by atoms with van der Waals surface area (Å²) < 4.78 is 24.3. The van der Waals surface area contributed by atoms with Gasteiger partial charge in [-0.25, -0.2) is 13.1 Å². The average Bonchev–Trinajstić information content (AvgIpc) is 3.16. The van der Waals surface area contributed by atoms with Crippen LogP contribution < -0.4 is 10.5 Å². The van der Waals surface area contributed by atoms with Crippen LogP contribution >= 0.6 is 11.3 Å². The number of nitriles is 1. The Hall–Kier alpha value is -3.48. The summed E-state index contributed by atoms with van der Waals surface area (Å²) in [5.41, 5.74) is 8.28. The second-order valence-corrected chi connectivity index (χ2v) is 8.85. The Morgan fingerprint density at radius 2 is 1.72 bits per heavy atom. The summed E-state index contributed by atoms with van der Waals surface area (Å²) in [5, 5.41) is 11.3. The Kier molecular flexibility index (Phi) is 5.50. The van der Waals surface area contributed by atoms with E-state index in [1.807, 2.05) is 22.9 Å². The number of primary amides is 1. The van der Waals surface area contributed by atoms with Crippen molar-refractivity contribution < 1.29 is 18.0 Å². The molecule has 7 nitrogen and oxygen atoms in total. The van der Waals surface area contributed by atoms with Gasteiger partial charge >= 0.3 is 0 Å². The quantitative estimate of drug-likeness (QED) is 0.649. The van der Waals surface area contributed by atoms with Crippen molar-refractivity contribution in [1.29, 1.82) is 5.26 Å². The number of nitrogens with one attached hydrogen (secondary N) is 1. The van der Waals surface area contributed by atoms with E-state index in [0.717, 1.165) is 22.3 Å². The molecule has 0 bridgehead atoms. The van der Waals surface area contributed by atoms with Crippen LogP contribution in [0.1, 0.15) is 26.3 Å². The number of nitrogens with zero attached hydrogens (tertiary/aromatic N) is 1. The number of sulfonamides is 1. The maximum absolute atomic E-state index is 12.0. The molecule has 2 aromatic carbocycles. The number of nitrogens with two attached hydrogens (primary N) is 1. The first kappa shape index (κ1) is 20.3. The summed E-state index contributed by atoms with van der Waals surface area (Å²) in [6.45, 7) is 0. The van der Waals surface area contributed by atoms with Gasteiger partial charge in [0.2, 0.25) is 15.9 Å². The van der Waals surface area contributed by atoms with Gasteiger partial charge in [-0.05, 0) is 40.3 Å². The normalized spacial score (nSPS) is 10.9. The Labute approximate surface area is 171 Å². The third-order valence-corrected chi connectivity index (χ3v) is 5.59. The molecule has 0 aliphatic heterocycles. The minimum Gasteiger partial charge on any atom is -0.366 e. The third-order valence-electron chi connectivity index (χ3n) is 4.07. The van der Waals surface area contributed by atoms with Crippen molar-refractivity contribution in [2.24, 2.45) is 5.73 Å². The number of carbonyl (C=O) groups is 2. The van der Waals surface area contributed by atoms with Gasteiger partial charge in [-0.15, -0.1) is 11.3 Å². The Morgan fingerprint density at radius 3 is 2.31 bits per heavy atom. The molecule has 29 heavy (non-hydrogen) atoms. The summed E-state index contributed by atoms with van der Waals surface area (Å²) in [4.78, 5) is 24.3. The largest absolute Gasteiger partial charge is 0.366 e. The van der Waals surface area contributed by atoms with Gasteiger partial charge in [-0.2, -0.15) is 5.26 Å². The molecule has 0 saturated carbocycles. The van der Waals surface area contributed by atoms with E-state index in [2.05, 4.69) is 0 Å². The van der Waals surface area contributed by atoms with Gasteiger partial charge in [0.05, 0.1) is 23.5 Å². The zero-order chi connectivity index (χ0) is 21.2. The molecule has 9 heteroatoms. The van der Waals surface area contributed by atoms with Crippen LogP contribution in [0.4, 0.5) is 0 Å². The van der Waals surface area contributed by atoms with Crippen molar-refractivity contribution in [2.45, 2.75) is 0 Å². The van der Waals surface area contributed by atoms with Crippen LogP contribution in [0.3, 0.4) is 0 Å².